The third-order valence-electron chi connectivity index (χ3n) is 2.59. The summed E-state index contributed by atoms with van der Waals surface area (Å²) in [6.45, 7) is 4.67. The van der Waals surface area contributed by atoms with Gasteiger partial charge in [-0.05, 0) is 12.8 Å². The van der Waals surface area contributed by atoms with Gasteiger partial charge in [-0.3, -0.25) is 9.48 Å². The first-order chi connectivity index (χ1) is 8.11. The molecule has 94 valence electrons. The lowest BCUT2D eigenvalue weighted by molar-refractivity contribution is 0.0692. The van der Waals surface area contributed by atoms with Crippen molar-refractivity contribution in [1.82, 2.24) is 9.78 Å². The molecule has 0 bridgehead atoms. The Morgan fingerprint density at radius 1 is 1.41 bits per heavy atom. The monoisotopic (exact) mass is 238 g/mol. The number of carboxylic acids is 1. The average molecular weight is 238 g/mol. The summed E-state index contributed by atoms with van der Waals surface area (Å²) in [5, 5.41) is 13.1. The summed E-state index contributed by atoms with van der Waals surface area (Å²) in [4.78, 5) is 22.6. The molecule has 0 aliphatic heterocycles. The maximum absolute atomic E-state index is 11.5. The first-order valence-electron chi connectivity index (χ1n) is 5.94. The molecule has 5 nitrogen and oxygen atoms in total. The molecule has 17 heavy (non-hydrogen) atoms. The third-order valence-corrected chi connectivity index (χ3v) is 2.59. The van der Waals surface area contributed by atoms with E-state index in [1.54, 1.807) is 4.68 Å². The van der Waals surface area contributed by atoms with Crippen LogP contribution in [0.3, 0.4) is 0 Å². The van der Waals surface area contributed by atoms with Gasteiger partial charge in [0, 0.05) is 6.54 Å². The molecule has 1 heterocycles. The molecule has 0 unspecified atom stereocenters. The topological polar surface area (TPSA) is 72.2 Å². The van der Waals surface area contributed by atoms with Crippen LogP contribution in [-0.4, -0.2) is 20.9 Å². The summed E-state index contributed by atoms with van der Waals surface area (Å²) < 4.78 is 1.65. The summed E-state index contributed by atoms with van der Waals surface area (Å²) in [7, 11) is 0. The van der Waals surface area contributed by atoms with Crippen LogP contribution in [0.4, 0.5) is 0 Å². The number of carboxylic acid groups (broad SMARTS) is 1. The number of nitrogens with zero attached hydrogens (tertiary/aromatic N) is 2. The Morgan fingerprint density at radius 3 is 2.65 bits per heavy atom. The maximum atomic E-state index is 11.5. The molecule has 1 aromatic heterocycles. The van der Waals surface area contributed by atoms with E-state index < -0.39 is 11.4 Å². The smallest absolute Gasteiger partial charge is 0.341 e. The summed E-state index contributed by atoms with van der Waals surface area (Å²) in [5.74, 6) is -1.16. The fraction of sp³-hybridized carbons (Fsp3) is 0.583. The lowest BCUT2D eigenvalue weighted by Crippen LogP contribution is -2.25. The Morgan fingerprint density at radius 2 is 2.12 bits per heavy atom. The van der Waals surface area contributed by atoms with Crippen LogP contribution in [-0.2, 0) is 13.0 Å². The van der Waals surface area contributed by atoms with E-state index in [1.807, 2.05) is 6.92 Å². The van der Waals surface area contributed by atoms with Gasteiger partial charge in [-0.25, -0.2) is 4.79 Å². The molecule has 5 heteroatoms. The van der Waals surface area contributed by atoms with Crippen molar-refractivity contribution in [1.29, 1.82) is 0 Å². The molecule has 0 aromatic carbocycles. The molecular formula is C12H18N2O3. The van der Waals surface area contributed by atoms with Crippen molar-refractivity contribution in [2.24, 2.45) is 0 Å². The van der Waals surface area contributed by atoms with Crippen LogP contribution in [0.2, 0.25) is 0 Å². The van der Waals surface area contributed by atoms with Gasteiger partial charge < -0.3 is 5.11 Å². The zero-order chi connectivity index (χ0) is 12.8. The van der Waals surface area contributed by atoms with Gasteiger partial charge >= 0.3 is 5.97 Å². The van der Waals surface area contributed by atoms with Crippen molar-refractivity contribution in [2.45, 2.75) is 46.1 Å². The Balaban J connectivity index is 3.26. The maximum Gasteiger partial charge on any atom is 0.341 e. The van der Waals surface area contributed by atoms with Crippen LogP contribution >= 0.6 is 0 Å². The zero-order valence-electron chi connectivity index (χ0n) is 10.3. The second-order valence-corrected chi connectivity index (χ2v) is 3.96. The minimum atomic E-state index is -1.16. The number of rotatable bonds is 6. The predicted octanol–water partition coefficient (Wildman–Crippen LogP) is 1.69. The predicted molar refractivity (Wildman–Crippen MR) is 64.4 cm³/mol. The molecule has 0 amide bonds. The van der Waals surface area contributed by atoms with E-state index in [-0.39, 0.29) is 5.56 Å². The fourth-order valence-corrected chi connectivity index (χ4v) is 1.75. The van der Waals surface area contributed by atoms with Gasteiger partial charge in [0.05, 0.1) is 11.9 Å². The molecule has 0 atom stereocenters. The van der Waals surface area contributed by atoms with Crippen LogP contribution in [0.25, 0.3) is 0 Å². The lowest BCUT2D eigenvalue weighted by Gasteiger charge is -2.13. The molecule has 0 fully saturated rings. The SMILES string of the molecule is CCCCn1ncc(=O)c(C(=O)O)c1CCC. The van der Waals surface area contributed by atoms with Gasteiger partial charge in [-0.15, -0.1) is 0 Å². The van der Waals surface area contributed by atoms with E-state index in [0.717, 1.165) is 25.5 Å². The van der Waals surface area contributed by atoms with E-state index in [2.05, 4.69) is 12.0 Å². The van der Waals surface area contributed by atoms with Gasteiger partial charge in [-0.2, -0.15) is 5.10 Å². The van der Waals surface area contributed by atoms with Gasteiger partial charge in [0.2, 0.25) is 5.43 Å². The van der Waals surface area contributed by atoms with Gasteiger partial charge in [0.1, 0.15) is 5.56 Å². The van der Waals surface area contributed by atoms with Crippen LogP contribution in [0.5, 0.6) is 0 Å². The highest BCUT2D eigenvalue weighted by Crippen LogP contribution is 2.08. The number of hydrogen-bond acceptors (Lipinski definition) is 3. The molecule has 1 aromatic rings. The van der Waals surface area contributed by atoms with Crippen LogP contribution in [0.15, 0.2) is 11.0 Å². The van der Waals surface area contributed by atoms with E-state index in [4.69, 9.17) is 5.11 Å². The van der Waals surface area contributed by atoms with Crippen molar-refractivity contribution in [3.63, 3.8) is 0 Å². The Kier molecular flexibility index (Phi) is 4.87. The number of aromatic nitrogens is 2. The molecule has 0 saturated carbocycles. The summed E-state index contributed by atoms with van der Waals surface area (Å²) >= 11 is 0. The van der Waals surface area contributed by atoms with Crippen molar-refractivity contribution < 1.29 is 9.90 Å². The second kappa shape index (κ2) is 6.18. The lowest BCUT2D eigenvalue weighted by atomic mass is 10.1. The molecule has 0 aliphatic rings. The normalized spacial score (nSPS) is 10.5. The van der Waals surface area contributed by atoms with Crippen molar-refractivity contribution >= 4 is 5.97 Å². The minimum absolute atomic E-state index is 0.127. The fourth-order valence-electron chi connectivity index (χ4n) is 1.75. The third kappa shape index (κ3) is 3.15. The van der Waals surface area contributed by atoms with Crippen molar-refractivity contribution in [3.05, 3.63) is 27.7 Å². The average Bonchev–Trinajstić information content (AvgIpc) is 2.28. The van der Waals surface area contributed by atoms with Gasteiger partial charge in [0.15, 0.2) is 0 Å². The second-order valence-electron chi connectivity index (χ2n) is 3.96. The van der Waals surface area contributed by atoms with E-state index in [0.29, 0.717) is 18.7 Å². The summed E-state index contributed by atoms with van der Waals surface area (Å²) in [6, 6.07) is 0. The van der Waals surface area contributed by atoms with E-state index >= 15 is 0 Å². The Hall–Kier alpha value is -1.65. The van der Waals surface area contributed by atoms with Crippen LogP contribution in [0.1, 0.15) is 49.2 Å². The van der Waals surface area contributed by atoms with Gasteiger partial charge in [-0.1, -0.05) is 26.7 Å². The molecule has 0 radical (unpaired) electrons. The first-order valence-corrected chi connectivity index (χ1v) is 5.94. The largest absolute Gasteiger partial charge is 0.477 e. The molecule has 0 saturated heterocycles. The number of aromatic carboxylic acids is 1. The first kappa shape index (κ1) is 13.4. The number of unbranched alkanes of at least 4 members (excludes halogenated alkanes) is 1. The van der Waals surface area contributed by atoms with Gasteiger partial charge in [0.25, 0.3) is 0 Å². The molecule has 0 spiro atoms. The van der Waals surface area contributed by atoms with E-state index in [1.165, 1.54) is 0 Å². The number of aryl methyl sites for hydroxylation is 1. The highest BCUT2D eigenvalue weighted by Gasteiger charge is 2.17. The molecule has 0 aliphatic carbocycles. The zero-order valence-corrected chi connectivity index (χ0v) is 10.3. The highest BCUT2D eigenvalue weighted by atomic mass is 16.4. The Bertz CT molecular complexity index is 452. The Labute approximate surface area is 100 Å². The van der Waals surface area contributed by atoms with Crippen LogP contribution < -0.4 is 5.43 Å². The standard InChI is InChI=1S/C12H18N2O3/c1-3-5-7-14-9(6-4-2)11(12(16)17)10(15)8-13-14/h8H,3-7H2,1-2H3,(H,16,17). The van der Waals surface area contributed by atoms with Crippen molar-refractivity contribution in [2.75, 3.05) is 0 Å². The molecule has 1 rings (SSSR count). The summed E-state index contributed by atoms with van der Waals surface area (Å²) in [6.07, 6.45) is 4.37. The number of hydrogen-bond donors (Lipinski definition) is 1. The highest BCUT2D eigenvalue weighted by molar-refractivity contribution is 5.88. The summed E-state index contributed by atoms with van der Waals surface area (Å²) in [5.41, 5.74) is -0.0902. The number of carbonyl (C=O) groups is 1. The van der Waals surface area contributed by atoms with Crippen LogP contribution in [0, 0.1) is 0 Å². The molecule has 1 N–H and O–H groups in total. The van der Waals surface area contributed by atoms with E-state index in [9.17, 15) is 9.59 Å². The quantitative estimate of drug-likeness (QED) is 0.818. The van der Waals surface area contributed by atoms with Crippen molar-refractivity contribution in [3.8, 4) is 0 Å². The molecular weight excluding hydrogens is 220 g/mol. The minimum Gasteiger partial charge on any atom is -0.477 e.